The van der Waals surface area contributed by atoms with Crippen molar-refractivity contribution in [3.63, 3.8) is 0 Å². The number of carbonyl (C=O) groups excluding carboxylic acids is 3. The van der Waals surface area contributed by atoms with E-state index in [1.165, 1.54) is 14.2 Å². The minimum absolute atomic E-state index is 0.0357. The van der Waals surface area contributed by atoms with Crippen LogP contribution in [0.4, 0.5) is 9.59 Å². The van der Waals surface area contributed by atoms with Gasteiger partial charge in [0.15, 0.2) is 0 Å². The molecule has 3 aromatic rings. The maximum atomic E-state index is 12.8. The Morgan fingerprint density at radius 3 is 2.40 bits per heavy atom. The summed E-state index contributed by atoms with van der Waals surface area (Å²) in [4.78, 5) is 37.7. The average Bonchev–Trinajstić information content (AvgIpc) is 3.19. The highest BCUT2D eigenvalue weighted by Crippen LogP contribution is 2.26. The highest BCUT2D eigenvalue weighted by atomic mass is 16.6. The minimum atomic E-state index is -1.11. The Labute approximate surface area is 203 Å². The SMILES string of the molecule is COC(=O)C(Cc1nn(C(=O)OC(C)(C)C)c2ccc(OC)cc12)NC(=O)OCc1ccccc1. The van der Waals surface area contributed by atoms with E-state index in [4.69, 9.17) is 18.9 Å². The van der Waals surface area contributed by atoms with Crippen molar-refractivity contribution in [2.75, 3.05) is 14.2 Å². The molecule has 1 amide bonds. The summed E-state index contributed by atoms with van der Waals surface area (Å²) in [6.07, 6.45) is -1.53. The van der Waals surface area contributed by atoms with Gasteiger partial charge < -0.3 is 24.3 Å². The molecular weight excluding hydrogens is 454 g/mol. The van der Waals surface area contributed by atoms with E-state index in [1.54, 1.807) is 39.0 Å². The Morgan fingerprint density at radius 1 is 1.06 bits per heavy atom. The molecule has 1 aromatic heterocycles. The molecule has 186 valence electrons. The molecule has 1 unspecified atom stereocenters. The second-order valence-electron chi connectivity index (χ2n) is 8.71. The molecule has 0 aliphatic rings. The first-order valence-electron chi connectivity index (χ1n) is 11.0. The third kappa shape index (κ3) is 6.72. The van der Waals surface area contributed by atoms with Crippen LogP contribution in [-0.4, -0.2) is 53.8 Å². The lowest BCUT2D eigenvalue weighted by molar-refractivity contribution is -0.143. The summed E-state index contributed by atoms with van der Waals surface area (Å²) in [5.74, 6) is -0.156. The van der Waals surface area contributed by atoms with Crippen LogP contribution in [0.1, 0.15) is 32.0 Å². The van der Waals surface area contributed by atoms with Crippen LogP contribution in [0.3, 0.4) is 0 Å². The maximum Gasteiger partial charge on any atom is 0.435 e. The fourth-order valence-corrected chi connectivity index (χ4v) is 3.32. The molecule has 0 aliphatic heterocycles. The van der Waals surface area contributed by atoms with Crippen LogP contribution >= 0.6 is 0 Å². The Hall–Kier alpha value is -4.08. The number of hydrogen-bond acceptors (Lipinski definition) is 8. The number of fused-ring (bicyclic) bond motifs is 1. The van der Waals surface area contributed by atoms with E-state index in [0.29, 0.717) is 22.3 Å². The van der Waals surface area contributed by atoms with Crippen molar-refractivity contribution in [2.24, 2.45) is 0 Å². The molecule has 0 fully saturated rings. The molecule has 1 heterocycles. The zero-order valence-corrected chi connectivity index (χ0v) is 20.4. The molecule has 0 spiro atoms. The van der Waals surface area contributed by atoms with Crippen LogP contribution in [0.2, 0.25) is 0 Å². The lowest BCUT2D eigenvalue weighted by atomic mass is 10.1. The maximum absolute atomic E-state index is 12.8. The van der Waals surface area contributed by atoms with Crippen LogP contribution in [0, 0.1) is 0 Å². The van der Waals surface area contributed by atoms with Crippen LogP contribution < -0.4 is 10.1 Å². The molecule has 0 radical (unpaired) electrons. The number of ether oxygens (including phenoxy) is 4. The summed E-state index contributed by atoms with van der Waals surface area (Å²) in [6, 6.07) is 13.1. The molecule has 1 N–H and O–H groups in total. The van der Waals surface area contributed by atoms with Crippen LogP contribution in [0.5, 0.6) is 5.75 Å². The Kier molecular flexibility index (Phi) is 7.95. The summed E-state index contributed by atoms with van der Waals surface area (Å²) >= 11 is 0. The van der Waals surface area contributed by atoms with Gasteiger partial charge in [-0.1, -0.05) is 30.3 Å². The molecule has 0 saturated heterocycles. The first kappa shape index (κ1) is 25.5. The van der Waals surface area contributed by atoms with Crippen molar-refractivity contribution in [3.8, 4) is 5.75 Å². The van der Waals surface area contributed by atoms with Crippen molar-refractivity contribution in [3.05, 3.63) is 59.8 Å². The van der Waals surface area contributed by atoms with Crippen molar-refractivity contribution in [2.45, 2.75) is 45.4 Å². The van der Waals surface area contributed by atoms with Crippen molar-refractivity contribution in [1.29, 1.82) is 0 Å². The first-order valence-corrected chi connectivity index (χ1v) is 11.0. The second kappa shape index (κ2) is 10.9. The molecule has 35 heavy (non-hydrogen) atoms. The lowest BCUT2D eigenvalue weighted by Gasteiger charge is -2.19. The van der Waals surface area contributed by atoms with E-state index < -0.39 is 29.8 Å². The monoisotopic (exact) mass is 483 g/mol. The summed E-state index contributed by atoms with van der Waals surface area (Å²) < 4.78 is 22.0. The molecule has 0 aliphatic carbocycles. The van der Waals surface area contributed by atoms with E-state index in [9.17, 15) is 14.4 Å². The fourth-order valence-electron chi connectivity index (χ4n) is 3.32. The molecule has 1 atom stereocenters. The van der Waals surface area contributed by atoms with Gasteiger partial charge in [-0.05, 0) is 44.5 Å². The number of aromatic nitrogens is 2. The third-order valence-electron chi connectivity index (χ3n) is 4.92. The third-order valence-corrected chi connectivity index (χ3v) is 4.92. The molecule has 10 heteroatoms. The number of benzene rings is 2. The van der Waals surface area contributed by atoms with Crippen molar-refractivity contribution >= 4 is 29.1 Å². The van der Waals surface area contributed by atoms with Gasteiger partial charge in [-0.15, -0.1) is 0 Å². The summed E-state index contributed by atoms with van der Waals surface area (Å²) in [5, 5.41) is 7.48. The van der Waals surface area contributed by atoms with Crippen LogP contribution in [-0.2, 0) is 32.0 Å². The summed E-state index contributed by atoms with van der Waals surface area (Å²) in [5.41, 5.74) is 0.890. The summed E-state index contributed by atoms with van der Waals surface area (Å²) in [7, 11) is 2.73. The topological polar surface area (TPSA) is 118 Å². The van der Waals surface area contributed by atoms with Gasteiger partial charge in [0.2, 0.25) is 0 Å². The largest absolute Gasteiger partial charge is 0.497 e. The number of methoxy groups -OCH3 is 2. The van der Waals surface area contributed by atoms with E-state index in [2.05, 4.69) is 10.4 Å². The Morgan fingerprint density at radius 2 is 1.77 bits per heavy atom. The fraction of sp³-hybridized carbons (Fsp3) is 0.360. The van der Waals surface area contributed by atoms with Gasteiger partial charge in [-0.3, -0.25) is 0 Å². The van der Waals surface area contributed by atoms with Gasteiger partial charge >= 0.3 is 18.2 Å². The number of nitrogens with zero attached hydrogens (tertiary/aromatic N) is 2. The van der Waals surface area contributed by atoms with Crippen molar-refractivity contribution in [1.82, 2.24) is 15.1 Å². The molecular formula is C25H29N3O7. The minimum Gasteiger partial charge on any atom is -0.497 e. The van der Waals surface area contributed by atoms with E-state index in [0.717, 1.165) is 10.2 Å². The Bertz CT molecular complexity index is 1200. The number of esters is 1. The van der Waals surface area contributed by atoms with Gasteiger partial charge in [0, 0.05) is 11.8 Å². The van der Waals surface area contributed by atoms with E-state index in [1.807, 2.05) is 30.3 Å². The number of alkyl carbamates (subject to hydrolysis) is 1. The number of hydrogen-bond donors (Lipinski definition) is 1. The van der Waals surface area contributed by atoms with Gasteiger partial charge in [0.25, 0.3) is 0 Å². The van der Waals surface area contributed by atoms with Gasteiger partial charge in [0.05, 0.1) is 25.4 Å². The standard InChI is InChI=1S/C25H29N3O7/c1-25(2,3)35-24(31)28-21-12-11-17(32-4)13-18(21)19(27-28)14-20(22(29)33-5)26-23(30)34-15-16-9-7-6-8-10-16/h6-13,20H,14-15H2,1-5H3,(H,26,30). The number of rotatable bonds is 7. The first-order chi connectivity index (χ1) is 16.6. The van der Waals surface area contributed by atoms with Crippen LogP contribution in [0.15, 0.2) is 48.5 Å². The predicted octanol–water partition coefficient (Wildman–Crippen LogP) is 3.84. The molecule has 0 bridgehead atoms. The summed E-state index contributed by atoms with van der Waals surface area (Å²) in [6.45, 7) is 5.28. The lowest BCUT2D eigenvalue weighted by Crippen LogP contribution is -2.43. The van der Waals surface area contributed by atoms with Gasteiger partial charge in [-0.2, -0.15) is 9.78 Å². The zero-order chi connectivity index (χ0) is 25.6. The van der Waals surface area contributed by atoms with E-state index >= 15 is 0 Å². The predicted molar refractivity (Wildman–Crippen MR) is 127 cm³/mol. The quantitative estimate of drug-likeness (QED) is 0.398. The molecule has 10 nitrogen and oxygen atoms in total. The number of carbonyl (C=O) groups is 3. The highest BCUT2D eigenvalue weighted by molar-refractivity contribution is 5.91. The molecule has 2 aromatic carbocycles. The normalized spacial score (nSPS) is 12.0. The Balaban J connectivity index is 1.87. The second-order valence-corrected chi connectivity index (χ2v) is 8.71. The number of nitrogens with one attached hydrogen (secondary N) is 1. The smallest absolute Gasteiger partial charge is 0.435 e. The van der Waals surface area contributed by atoms with Crippen LogP contribution in [0.25, 0.3) is 10.9 Å². The average molecular weight is 484 g/mol. The van der Waals surface area contributed by atoms with E-state index in [-0.39, 0.29) is 13.0 Å². The highest BCUT2D eigenvalue weighted by Gasteiger charge is 2.28. The number of amides is 1. The molecule has 3 rings (SSSR count). The van der Waals surface area contributed by atoms with Gasteiger partial charge in [0.1, 0.15) is 24.0 Å². The van der Waals surface area contributed by atoms with Crippen molar-refractivity contribution < 1.29 is 33.3 Å². The molecule has 0 saturated carbocycles. The van der Waals surface area contributed by atoms with Gasteiger partial charge in [-0.25, -0.2) is 14.4 Å². The zero-order valence-electron chi connectivity index (χ0n) is 20.4.